The highest BCUT2D eigenvalue weighted by Crippen LogP contribution is 2.32. The molecule has 0 atom stereocenters. The molecule has 10 nitrogen and oxygen atoms in total. The lowest BCUT2D eigenvalue weighted by Crippen LogP contribution is -2.50. The summed E-state index contributed by atoms with van der Waals surface area (Å²) in [6.07, 6.45) is 4.72. The Balaban J connectivity index is 1.13. The van der Waals surface area contributed by atoms with E-state index in [9.17, 15) is 4.79 Å². The van der Waals surface area contributed by atoms with Gasteiger partial charge in [0.2, 0.25) is 18.6 Å². The van der Waals surface area contributed by atoms with Crippen molar-refractivity contribution in [3.63, 3.8) is 0 Å². The average Bonchev–Trinajstić information content (AvgIpc) is 3.31. The molecule has 2 aromatic rings. The number of hydrogen-bond acceptors (Lipinski definition) is 7. The zero-order valence-corrected chi connectivity index (χ0v) is 18.3. The number of ether oxygens (including phenoxy) is 2. The van der Waals surface area contributed by atoms with Crippen LogP contribution in [0.25, 0.3) is 0 Å². The zero-order valence-electron chi connectivity index (χ0n) is 18.3. The van der Waals surface area contributed by atoms with Gasteiger partial charge < -0.3 is 29.9 Å². The Labute approximate surface area is 187 Å². The number of benzene rings is 1. The molecule has 0 bridgehead atoms. The average molecular weight is 440 g/mol. The maximum absolute atomic E-state index is 12.6. The van der Waals surface area contributed by atoms with Crippen molar-refractivity contribution in [2.24, 2.45) is 4.99 Å². The molecule has 2 N–H and O–H groups in total. The van der Waals surface area contributed by atoms with Gasteiger partial charge in [0.15, 0.2) is 17.5 Å². The van der Waals surface area contributed by atoms with Crippen molar-refractivity contribution in [1.29, 1.82) is 0 Å². The van der Waals surface area contributed by atoms with Crippen LogP contribution in [0.3, 0.4) is 0 Å². The normalized spacial score (nSPS) is 15.6. The number of rotatable bonds is 7. The number of carbonyl (C=O) groups excluding carboxylic acids is 1. The van der Waals surface area contributed by atoms with Gasteiger partial charge in [0.25, 0.3) is 0 Å². The van der Waals surface area contributed by atoms with Gasteiger partial charge in [-0.2, -0.15) is 0 Å². The van der Waals surface area contributed by atoms with Gasteiger partial charge in [0.05, 0.1) is 0 Å². The summed E-state index contributed by atoms with van der Waals surface area (Å²) in [5.41, 5.74) is 1.16. The van der Waals surface area contributed by atoms with Crippen LogP contribution >= 0.6 is 0 Å². The number of aliphatic imine (C=N–C) groups is 1. The number of nitrogens with zero attached hydrogens (tertiary/aromatic N) is 5. The van der Waals surface area contributed by atoms with E-state index < -0.39 is 0 Å². The Hall–Kier alpha value is -3.56. The number of piperazine rings is 1. The fourth-order valence-corrected chi connectivity index (χ4v) is 3.70. The van der Waals surface area contributed by atoms with E-state index in [0.29, 0.717) is 32.0 Å². The van der Waals surface area contributed by atoms with Crippen LogP contribution in [-0.2, 0) is 11.2 Å². The summed E-state index contributed by atoms with van der Waals surface area (Å²) in [6, 6.07) is 7.77. The molecule has 2 aliphatic rings. The third-order valence-corrected chi connectivity index (χ3v) is 5.47. The molecule has 170 valence electrons. The van der Waals surface area contributed by atoms with Crippen molar-refractivity contribution in [1.82, 2.24) is 25.5 Å². The first-order valence-electron chi connectivity index (χ1n) is 10.9. The first kappa shape index (κ1) is 21.7. The molecular formula is C22H29N7O3. The van der Waals surface area contributed by atoms with Gasteiger partial charge in [-0.05, 0) is 30.2 Å². The summed E-state index contributed by atoms with van der Waals surface area (Å²) < 4.78 is 10.8. The number of anilines is 1. The van der Waals surface area contributed by atoms with Crippen LogP contribution < -0.4 is 25.0 Å². The highest BCUT2D eigenvalue weighted by molar-refractivity contribution is 5.81. The Morgan fingerprint density at radius 2 is 1.81 bits per heavy atom. The highest BCUT2D eigenvalue weighted by Gasteiger charge is 2.22. The van der Waals surface area contributed by atoms with Crippen LogP contribution in [0.5, 0.6) is 11.5 Å². The Morgan fingerprint density at radius 3 is 2.59 bits per heavy atom. The van der Waals surface area contributed by atoms with Crippen LogP contribution in [0.15, 0.2) is 41.7 Å². The first-order valence-corrected chi connectivity index (χ1v) is 10.9. The van der Waals surface area contributed by atoms with Crippen molar-refractivity contribution in [2.45, 2.75) is 12.8 Å². The number of aromatic nitrogens is 2. The summed E-state index contributed by atoms with van der Waals surface area (Å²) in [6.45, 7) is 4.38. The van der Waals surface area contributed by atoms with Gasteiger partial charge in [-0.15, -0.1) is 0 Å². The Morgan fingerprint density at radius 1 is 1.06 bits per heavy atom. The van der Waals surface area contributed by atoms with E-state index in [4.69, 9.17) is 9.47 Å². The van der Waals surface area contributed by atoms with Crippen molar-refractivity contribution in [2.75, 3.05) is 58.0 Å². The lowest BCUT2D eigenvalue weighted by Gasteiger charge is -2.34. The monoisotopic (exact) mass is 439 g/mol. The molecule has 1 aromatic heterocycles. The van der Waals surface area contributed by atoms with Crippen LogP contribution in [0, 0.1) is 0 Å². The third-order valence-electron chi connectivity index (χ3n) is 5.47. The molecule has 1 fully saturated rings. The molecule has 0 unspecified atom stereocenters. The molecule has 0 saturated carbocycles. The summed E-state index contributed by atoms with van der Waals surface area (Å²) in [5, 5.41) is 6.50. The number of nitrogens with one attached hydrogen (secondary N) is 2. The molecule has 4 rings (SSSR count). The van der Waals surface area contributed by atoms with E-state index in [1.807, 2.05) is 23.1 Å². The molecule has 32 heavy (non-hydrogen) atoms. The topological polar surface area (TPSA) is 104 Å². The van der Waals surface area contributed by atoms with E-state index in [-0.39, 0.29) is 12.7 Å². The van der Waals surface area contributed by atoms with E-state index in [1.54, 1.807) is 25.5 Å². The van der Waals surface area contributed by atoms with Crippen molar-refractivity contribution >= 4 is 17.8 Å². The predicted molar refractivity (Wildman–Crippen MR) is 121 cm³/mol. The largest absolute Gasteiger partial charge is 0.454 e. The second-order valence-corrected chi connectivity index (χ2v) is 7.53. The van der Waals surface area contributed by atoms with Gasteiger partial charge in [0, 0.05) is 65.1 Å². The minimum atomic E-state index is 0.141. The van der Waals surface area contributed by atoms with Gasteiger partial charge >= 0.3 is 0 Å². The van der Waals surface area contributed by atoms with Crippen molar-refractivity contribution < 1.29 is 14.3 Å². The molecule has 0 aliphatic carbocycles. The smallest absolute Gasteiger partial charge is 0.231 e. The van der Waals surface area contributed by atoms with Crippen LogP contribution in [-0.4, -0.2) is 79.8 Å². The van der Waals surface area contributed by atoms with Crippen molar-refractivity contribution in [3.8, 4) is 11.5 Å². The quantitative estimate of drug-likeness (QED) is 0.479. The number of hydrogen-bond donors (Lipinski definition) is 2. The molecule has 3 heterocycles. The van der Waals surface area contributed by atoms with Gasteiger partial charge in [-0.25, -0.2) is 9.97 Å². The second kappa shape index (κ2) is 10.7. The summed E-state index contributed by atoms with van der Waals surface area (Å²) in [4.78, 5) is 29.4. The van der Waals surface area contributed by atoms with E-state index in [2.05, 4.69) is 30.5 Å². The Bertz CT molecular complexity index is 930. The maximum atomic E-state index is 12.6. The fraction of sp³-hybridized carbons (Fsp3) is 0.455. The summed E-state index contributed by atoms with van der Waals surface area (Å²) >= 11 is 0. The molecular weight excluding hydrogens is 410 g/mol. The number of amides is 1. The highest BCUT2D eigenvalue weighted by atomic mass is 16.7. The molecule has 1 amide bonds. The van der Waals surface area contributed by atoms with Gasteiger partial charge in [0.1, 0.15) is 0 Å². The third kappa shape index (κ3) is 5.57. The predicted octanol–water partition coefficient (Wildman–Crippen LogP) is 0.652. The number of guanidine groups is 1. The standard InChI is InChI=1S/C22H29N7O3/c1-23-21(24-9-5-17-3-4-18-19(15-17)32-16-31-18)25-10-6-20(30)28-11-13-29(14-12-28)22-26-7-2-8-27-22/h2-4,7-8,15H,5-6,9-14,16H2,1H3,(H2,23,24,25). The van der Waals surface area contributed by atoms with Crippen LogP contribution in [0.1, 0.15) is 12.0 Å². The van der Waals surface area contributed by atoms with E-state index in [1.165, 1.54) is 0 Å². The molecule has 2 aliphatic heterocycles. The molecule has 10 heteroatoms. The number of carbonyl (C=O) groups is 1. The Kier molecular flexibility index (Phi) is 7.21. The van der Waals surface area contributed by atoms with Gasteiger partial charge in [-0.1, -0.05) is 6.07 Å². The minimum Gasteiger partial charge on any atom is -0.454 e. The fourth-order valence-electron chi connectivity index (χ4n) is 3.70. The van der Waals surface area contributed by atoms with E-state index in [0.717, 1.165) is 49.1 Å². The molecule has 1 saturated heterocycles. The minimum absolute atomic E-state index is 0.141. The van der Waals surface area contributed by atoms with E-state index >= 15 is 0 Å². The van der Waals surface area contributed by atoms with Crippen molar-refractivity contribution in [3.05, 3.63) is 42.2 Å². The zero-order chi connectivity index (χ0) is 22.2. The molecule has 1 aromatic carbocycles. The summed E-state index contributed by atoms with van der Waals surface area (Å²) in [5.74, 6) is 3.13. The maximum Gasteiger partial charge on any atom is 0.231 e. The van der Waals surface area contributed by atoms with Gasteiger partial charge in [-0.3, -0.25) is 9.79 Å². The second-order valence-electron chi connectivity index (χ2n) is 7.53. The lowest BCUT2D eigenvalue weighted by atomic mass is 10.1. The SMILES string of the molecule is CN=C(NCCC(=O)N1CCN(c2ncccn2)CC1)NCCc1ccc2c(c1)OCO2. The lowest BCUT2D eigenvalue weighted by molar-refractivity contribution is -0.131. The number of fused-ring (bicyclic) bond motifs is 1. The summed E-state index contributed by atoms with van der Waals surface area (Å²) in [7, 11) is 1.72. The molecule has 0 spiro atoms. The van der Waals surface area contributed by atoms with Crippen LogP contribution in [0.4, 0.5) is 5.95 Å². The van der Waals surface area contributed by atoms with Crippen LogP contribution in [0.2, 0.25) is 0 Å². The molecule has 0 radical (unpaired) electrons. The first-order chi connectivity index (χ1) is 15.7.